The average Bonchev–Trinajstić information content (AvgIpc) is 3.83. The Morgan fingerprint density at radius 2 is 1.63 bits per heavy atom. The second kappa shape index (κ2) is 15.0. The van der Waals surface area contributed by atoms with E-state index in [9.17, 15) is 39.6 Å². The molecule has 4 aromatic rings. The van der Waals surface area contributed by atoms with Crippen LogP contribution in [-0.2, 0) is 22.0 Å². The minimum atomic E-state index is -4.81. The number of benzene rings is 2. The molecule has 0 bridgehead atoms. The van der Waals surface area contributed by atoms with Gasteiger partial charge < -0.3 is 0 Å². The molecular weight excluding hydrogens is 775 g/mol. The van der Waals surface area contributed by atoms with Gasteiger partial charge in [0, 0.05) is 35.8 Å². The normalized spacial score (nSPS) is 17.6. The van der Waals surface area contributed by atoms with Crippen LogP contribution in [0.3, 0.4) is 0 Å². The van der Waals surface area contributed by atoms with E-state index >= 15 is 0 Å². The Labute approximate surface area is 309 Å². The molecule has 1 amide bonds. The number of nitrogens with zero attached hydrogens (tertiary/aromatic N) is 4. The van der Waals surface area contributed by atoms with Gasteiger partial charge in [0.25, 0.3) is 5.91 Å². The summed E-state index contributed by atoms with van der Waals surface area (Å²) in [5.41, 5.74) is 2.04. The first-order valence-electron chi connectivity index (χ1n) is 16.0. The summed E-state index contributed by atoms with van der Waals surface area (Å²) in [5, 5.41) is 6.59. The van der Waals surface area contributed by atoms with Crippen LogP contribution in [-0.4, -0.2) is 65.3 Å². The van der Waals surface area contributed by atoms with Crippen LogP contribution in [0, 0.1) is 11.8 Å². The molecule has 2 aliphatic rings. The van der Waals surface area contributed by atoms with Crippen molar-refractivity contribution in [3.63, 3.8) is 0 Å². The number of hydrazine groups is 1. The Hall–Kier alpha value is -3.59. The molecule has 2 aromatic heterocycles. The van der Waals surface area contributed by atoms with Crippen molar-refractivity contribution < 1.29 is 39.6 Å². The van der Waals surface area contributed by atoms with Gasteiger partial charge in [-0.3, -0.25) is 10.2 Å². The third-order valence-corrected chi connectivity index (χ3v) is 11.9. The lowest BCUT2D eigenvalue weighted by molar-refractivity contribution is -0.165. The molecule has 52 heavy (non-hydrogen) atoms. The highest BCUT2D eigenvalue weighted by molar-refractivity contribution is 7.88. The number of hydrogen-bond donors (Lipinski definition) is 1. The van der Waals surface area contributed by atoms with Crippen LogP contribution >= 0.6 is 34.5 Å². The average molecular weight is 805 g/mol. The summed E-state index contributed by atoms with van der Waals surface area (Å²) in [7, 11) is -4.70. The lowest BCUT2D eigenvalue weighted by Crippen LogP contribution is -2.46. The van der Waals surface area contributed by atoms with E-state index in [4.69, 9.17) is 23.2 Å². The van der Waals surface area contributed by atoms with Crippen LogP contribution in [0.15, 0.2) is 54.6 Å². The number of hydrogen-bond acceptors (Lipinski definition) is 6. The van der Waals surface area contributed by atoms with E-state index in [2.05, 4.69) is 22.4 Å². The third-order valence-electron chi connectivity index (χ3n) is 8.60. The quantitative estimate of drug-likeness (QED) is 0.150. The summed E-state index contributed by atoms with van der Waals surface area (Å²) < 4.78 is 111. The number of alkyl halides is 6. The van der Waals surface area contributed by atoms with Crippen molar-refractivity contribution in [2.75, 3.05) is 19.6 Å². The molecule has 0 saturated carbocycles. The third kappa shape index (κ3) is 8.45. The predicted octanol–water partition coefficient (Wildman–Crippen LogP) is 8.31. The number of rotatable bonds is 7. The molecule has 0 radical (unpaired) electrons. The second-order valence-electron chi connectivity index (χ2n) is 12.2. The lowest BCUT2D eigenvalue weighted by atomic mass is 10.1. The minimum Gasteiger partial charge on any atom is -0.283 e. The first kappa shape index (κ1) is 38.1. The lowest BCUT2D eigenvalue weighted by Gasteiger charge is -2.27. The van der Waals surface area contributed by atoms with Crippen LogP contribution in [0.2, 0.25) is 10.0 Å². The van der Waals surface area contributed by atoms with Crippen LogP contribution in [0.4, 0.5) is 26.3 Å². The Morgan fingerprint density at radius 3 is 2.29 bits per heavy atom. The van der Waals surface area contributed by atoms with Gasteiger partial charge in [0.2, 0.25) is 10.0 Å². The zero-order valence-corrected chi connectivity index (χ0v) is 30.1. The van der Waals surface area contributed by atoms with E-state index in [1.807, 2.05) is 0 Å². The molecule has 2 fully saturated rings. The predicted molar refractivity (Wildman–Crippen MR) is 186 cm³/mol. The summed E-state index contributed by atoms with van der Waals surface area (Å²) in [6.07, 6.45) is -7.14. The SMILES string of the molecule is O=C(NN1CCCCC1)c1nn(-c2ccc(Cl)cc2Cl)c(-c2ccc(C#Cc3ccc(C(F)(F)F)cc3)s2)c1CS(=O)(=O)N1CCCC1C(F)(F)F. The van der Waals surface area contributed by atoms with E-state index in [1.54, 1.807) is 17.1 Å². The largest absolute Gasteiger partial charge is 0.416 e. The maximum absolute atomic E-state index is 14.0. The topological polar surface area (TPSA) is 87.5 Å². The van der Waals surface area contributed by atoms with Crippen LogP contribution in [0.5, 0.6) is 0 Å². The fourth-order valence-electron chi connectivity index (χ4n) is 6.13. The first-order chi connectivity index (χ1) is 24.5. The molecule has 6 rings (SSSR count). The smallest absolute Gasteiger partial charge is 0.283 e. The fourth-order valence-corrected chi connectivity index (χ4v) is 9.36. The monoisotopic (exact) mass is 803 g/mol. The molecule has 4 heterocycles. The van der Waals surface area contributed by atoms with E-state index in [0.29, 0.717) is 32.7 Å². The van der Waals surface area contributed by atoms with Gasteiger partial charge in [-0.25, -0.2) is 18.1 Å². The summed E-state index contributed by atoms with van der Waals surface area (Å²) in [6, 6.07) is 9.64. The molecule has 1 unspecified atom stereocenters. The van der Waals surface area contributed by atoms with Gasteiger partial charge in [0.1, 0.15) is 6.04 Å². The van der Waals surface area contributed by atoms with Crippen molar-refractivity contribution in [2.24, 2.45) is 0 Å². The Kier molecular flexibility index (Phi) is 11.0. The van der Waals surface area contributed by atoms with Gasteiger partial charge in [-0.15, -0.1) is 11.3 Å². The standard InChI is InChI=1S/C34H29Cl2F6N5O3S2/c35-23-11-14-27(26(36)19-23)47-31(28-15-13-24(51-28)12-8-21-6-9-22(10-7-21)33(37,38)39)25(30(43-47)32(48)44-45-16-2-1-3-17-45)20-52(49,50)46-18-4-5-29(46)34(40,41)42/h6-7,9-11,13-15,19,29H,1-5,16-18,20H2,(H,44,48). The van der Waals surface area contributed by atoms with Crippen molar-refractivity contribution in [1.29, 1.82) is 0 Å². The number of carbonyl (C=O) groups excluding carboxylic acids is 1. The summed E-state index contributed by atoms with van der Waals surface area (Å²) in [4.78, 5) is 14.7. The zero-order valence-electron chi connectivity index (χ0n) is 27.0. The van der Waals surface area contributed by atoms with E-state index in [1.165, 1.54) is 35.0 Å². The highest BCUT2D eigenvalue weighted by Crippen LogP contribution is 2.40. The Balaban J connectivity index is 1.48. The highest BCUT2D eigenvalue weighted by Gasteiger charge is 2.50. The summed E-state index contributed by atoms with van der Waals surface area (Å²) in [6.45, 7) is 0.711. The van der Waals surface area contributed by atoms with E-state index < -0.39 is 52.1 Å². The molecule has 0 spiro atoms. The molecule has 2 aromatic carbocycles. The number of piperidine rings is 1. The fraction of sp³-hybridized carbons (Fsp3) is 0.353. The van der Waals surface area contributed by atoms with Gasteiger partial charge in [-0.2, -0.15) is 35.7 Å². The van der Waals surface area contributed by atoms with Gasteiger partial charge in [-0.1, -0.05) is 41.5 Å². The van der Waals surface area contributed by atoms with Gasteiger partial charge in [-0.05, 0) is 80.3 Å². The Morgan fingerprint density at radius 1 is 0.923 bits per heavy atom. The number of thiophene rings is 1. The maximum Gasteiger partial charge on any atom is 0.416 e. The second-order valence-corrected chi connectivity index (χ2v) is 16.1. The van der Waals surface area contributed by atoms with Gasteiger partial charge in [0.05, 0.1) is 37.5 Å². The van der Waals surface area contributed by atoms with Crippen molar-refractivity contribution in [3.05, 3.63) is 91.9 Å². The highest BCUT2D eigenvalue weighted by atomic mass is 35.5. The number of halogens is 8. The van der Waals surface area contributed by atoms with Crippen LogP contribution in [0.1, 0.15) is 64.2 Å². The summed E-state index contributed by atoms with van der Waals surface area (Å²) in [5.74, 6) is 3.93. The van der Waals surface area contributed by atoms with Crippen molar-refractivity contribution >= 4 is 50.5 Å². The molecule has 8 nitrogen and oxygen atoms in total. The number of sulfonamides is 1. The zero-order chi connectivity index (χ0) is 37.4. The van der Waals surface area contributed by atoms with Crippen molar-refractivity contribution in [3.8, 4) is 28.1 Å². The molecular formula is C34H29Cl2F6N5O3S2. The van der Waals surface area contributed by atoms with E-state index in [-0.39, 0.29) is 45.6 Å². The van der Waals surface area contributed by atoms with E-state index in [0.717, 1.165) is 42.7 Å². The molecule has 18 heteroatoms. The number of nitrogens with one attached hydrogen (secondary N) is 1. The molecule has 1 atom stereocenters. The van der Waals surface area contributed by atoms with Crippen molar-refractivity contribution in [1.82, 2.24) is 24.5 Å². The van der Waals surface area contributed by atoms with Crippen molar-refractivity contribution in [2.45, 2.75) is 56.3 Å². The molecule has 2 aliphatic heterocycles. The number of amides is 1. The number of aromatic nitrogens is 2. The maximum atomic E-state index is 14.0. The minimum absolute atomic E-state index is 0.00407. The molecule has 276 valence electrons. The van der Waals surface area contributed by atoms with Gasteiger partial charge >= 0.3 is 12.4 Å². The Bertz CT molecular complexity index is 2130. The summed E-state index contributed by atoms with van der Waals surface area (Å²) >= 11 is 13.8. The first-order valence-corrected chi connectivity index (χ1v) is 19.2. The molecule has 2 saturated heterocycles. The number of carbonyl (C=O) groups is 1. The molecule has 1 N–H and O–H groups in total. The molecule has 0 aliphatic carbocycles. The van der Waals surface area contributed by atoms with Crippen LogP contribution < -0.4 is 5.43 Å². The van der Waals surface area contributed by atoms with Gasteiger partial charge in [0.15, 0.2) is 5.69 Å². The van der Waals surface area contributed by atoms with Crippen LogP contribution in [0.25, 0.3) is 16.3 Å².